The number of carbonyl (C=O) groups is 2. The molecular weight excluding hydrogens is 252 g/mol. The van der Waals surface area contributed by atoms with Gasteiger partial charge < -0.3 is 10.6 Å². The molecule has 1 aromatic rings. The highest BCUT2D eigenvalue weighted by molar-refractivity contribution is 5.96. The highest BCUT2D eigenvalue weighted by Gasteiger charge is 2.30. The molecule has 0 spiro atoms. The van der Waals surface area contributed by atoms with Crippen LogP contribution >= 0.6 is 0 Å². The average Bonchev–Trinajstić information content (AvgIpc) is 2.71. The molecule has 2 rings (SSSR count). The zero-order valence-corrected chi connectivity index (χ0v) is 12.3. The van der Waals surface area contributed by atoms with Crippen molar-refractivity contribution in [2.75, 3.05) is 5.32 Å². The molecule has 4 nitrogen and oxygen atoms in total. The van der Waals surface area contributed by atoms with Crippen LogP contribution in [0, 0.1) is 11.8 Å². The Morgan fingerprint density at radius 2 is 1.95 bits per heavy atom. The van der Waals surface area contributed by atoms with Crippen LogP contribution in [-0.2, 0) is 0 Å². The predicted molar refractivity (Wildman–Crippen MR) is 80.0 cm³/mol. The molecule has 0 bridgehead atoms. The SMILES string of the molecule is CC(=O)c1cccc(NC(=O)NC2CCC(C)C2C)c1. The first-order valence-corrected chi connectivity index (χ1v) is 7.16. The lowest BCUT2D eigenvalue weighted by atomic mass is 9.98. The average molecular weight is 274 g/mol. The van der Waals surface area contributed by atoms with Crippen molar-refractivity contribution in [3.63, 3.8) is 0 Å². The first-order chi connectivity index (χ1) is 9.47. The summed E-state index contributed by atoms with van der Waals surface area (Å²) in [5.74, 6) is 1.15. The molecule has 1 aliphatic rings. The van der Waals surface area contributed by atoms with Gasteiger partial charge in [0.15, 0.2) is 5.78 Å². The zero-order valence-electron chi connectivity index (χ0n) is 12.3. The highest BCUT2D eigenvalue weighted by atomic mass is 16.2. The summed E-state index contributed by atoms with van der Waals surface area (Å²) in [6.45, 7) is 5.92. The van der Waals surface area contributed by atoms with Crippen molar-refractivity contribution >= 4 is 17.5 Å². The zero-order chi connectivity index (χ0) is 14.7. The van der Waals surface area contributed by atoms with Gasteiger partial charge in [-0.15, -0.1) is 0 Å². The number of hydrogen-bond acceptors (Lipinski definition) is 2. The quantitative estimate of drug-likeness (QED) is 0.829. The lowest BCUT2D eigenvalue weighted by Crippen LogP contribution is -2.40. The molecule has 2 N–H and O–H groups in total. The number of urea groups is 1. The van der Waals surface area contributed by atoms with Gasteiger partial charge in [0.2, 0.25) is 0 Å². The summed E-state index contributed by atoms with van der Waals surface area (Å²) in [5, 5.41) is 5.82. The monoisotopic (exact) mass is 274 g/mol. The van der Waals surface area contributed by atoms with Crippen molar-refractivity contribution in [2.24, 2.45) is 11.8 Å². The van der Waals surface area contributed by atoms with Crippen LogP contribution in [-0.4, -0.2) is 17.9 Å². The van der Waals surface area contributed by atoms with Gasteiger partial charge in [-0.2, -0.15) is 0 Å². The van der Waals surface area contributed by atoms with E-state index in [1.807, 2.05) is 0 Å². The van der Waals surface area contributed by atoms with Crippen LogP contribution in [0.4, 0.5) is 10.5 Å². The topological polar surface area (TPSA) is 58.2 Å². The summed E-state index contributed by atoms with van der Waals surface area (Å²) in [6, 6.07) is 7.03. The predicted octanol–water partition coefficient (Wildman–Crippen LogP) is 3.45. The molecule has 4 heteroatoms. The highest BCUT2D eigenvalue weighted by Crippen LogP contribution is 2.31. The molecule has 1 aromatic carbocycles. The number of nitrogens with one attached hydrogen (secondary N) is 2. The standard InChI is InChI=1S/C16H22N2O2/c1-10-7-8-15(11(10)2)18-16(20)17-14-6-4-5-13(9-14)12(3)19/h4-6,9-11,15H,7-8H2,1-3H3,(H2,17,18,20). The van der Waals surface area contributed by atoms with Crippen LogP contribution in [0.3, 0.4) is 0 Å². The van der Waals surface area contributed by atoms with Crippen LogP contribution in [0.1, 0.15) is 44.0 Å². The van der Waals surface area contributed by atoms with Crippen LogP contribution in [0.2, 0.25) is 0 Å². The number of ketones is 1. The van der Waals surface area contributed by atoms with E-state index >= 15 is 0 Å². The van der Waals surface area contributed by atoms with E-state index in [9.17, 15) is 9.59 Å². The second-order valence-electron chi connectivity index (χ2n) is 5.76. The van der Waals surface area contributed by atoms with E-state index < -0.39 is 0 Å². The van der Waals surface area contributed by atoms with Crippen molar-refractivity contribution in [3.05, 3.63) is 29.8 Å². The Bertz CT molecular complexity index is 513. The Hall–Kier alpha value is -1.84. The Labute approximate surface area is 119 Å². The summed E-state index contributed by atoms with van der Waals surface area (Å²) >= 11 is 0. The van der Waals surface area contributed by atoms with Gasteiger partial charge in [0.1, 0.15) is 0 Å². The van der Waals surface area contributed by atoms with E-state index in [2.05, 4.69) is 24.5 Å². The van der Waals surface area contributed by atoms with Gasteiger partial charge >= 0.3 is 6.03 Å². The molecule has 0 aliphatic heterocycles. The summed E-state index contributed by atoms with van der Waals surface area (Å²) in [4.78, 5) is 23.3. The lowest BCUT2D eigenvalue weighted by Gasteiger charge is -2.20. The first kappa shape index (κ1) is 14.6. The molecule has 2 amide bonds. The third-order valence-electron chi connectivity index (χ3n) is 4.31. The van der Waals surface area contributed by atoms with Crippen LogP contribution in [0.25, 0.3) is 0 Å². The molecule has 3 atom stereocenters. The third-order valence-corrected chi connectivity index (χ3v) is 4.31. The van der Waals surface area contributed by atoms with Crippen molar-refractivity contribution in [3.8, 4) is 0 Å². The Morgan fingerprint density at radius 3 is 2.55 bits per heavy atom. The number of Topliss-reactive ketones (excluding diaryl/α,β-unsaturated/α-hetero) is 1. The van der Waals surface area contributed by atoms with Crippen molar-refractivity contribution in [2.45, 2.75) is 39.7 Å². The minimum atomic E-state index is -0.198. The number of hydrogen-bond donors (Lipinski definition) is 2. The fourth-order valence-corrected chi connectivity index (χ4v) is 2.72. The molecule has 1 saturated carbocycles. The maximum atomic E-state index is 12.0. The van der Waals surface area contributed by atoms with Gasteiger partial charge in [-0.25, -0.2) is 4.79 Å². The van der Waals surface area contributed by atoms with E-state index in [1.165, 1.54) is 6.92 Å². The summed E-state index contributed by atoms with van der Waals surface area (Å²) in [6.07, 6.45) is 2.19. The summed E-state index contributed by atoms with van der Waals surface area (Å²) < 4.78 is 0. The molecule has 20 heavy (non-hydrogen) atoms. The smallest absolute Gasteiger partial charge is 0.319 e. The Kier molecular flexibility index (Phi) is 4.42. The molecule has 108 valence electrons. The van der Waals surface area contributed by atoms with E-state index in [4.69, 9.17) is 0 Å². The van der Waals surface area contributed by atoms with E-state index in [1.54, 1.807) is 24.3 Å². The molecule has 1 fully saturated rings. The minimum Gasteiger partial charge on any atom is -0.335 e. The molecular formula is C16H22N2O2. The number of amides is 2. The van der Waals surface area contributed by atoms with Gasteiger partial charge in [0, 0.05) is 17.3 Å². The van der Waals surface area contributed by atoms with Crippen molar-refractivity contribution in [1.29, 1.82) is 0 Å². The second-order valence-corrected chi connectivity index (χ2v) is 5.76. The van der Waals surface area contributed by atoms with Gasteiger partial charge in [-0.3, -0.25) is 4.79 Å². The van der Waals surface area contributed by atoms with Crippen molar-refractivity contribution < 1.29 is 9.59 Å². The third kappa shape index (κ3) is 3.38. The molecule has 3 unspecified atom stereocenters. The van der Waals surface area contributed by atoms with E-state index in [0.29, 0.717) is 23.1 Å². The first-order valence-electron chi connectivity index (χ1n) is 7.16. The Morgan fingerprint density at radius 1 is 1.20 bits per heavy atom. The maximum Gasteiger partial charge on any atom is 0.319 e. The fourth-order valence-electron chi connectivity index (χ4n) is 2.72. The maximum absolute atomic E-state index is 12.0. The molecule has 0 aromatic heterocycles. The van der Waals surface area contributed by atoms with Crippen molar-refractivity contribution in [1.82, 2.24) is 5.32 Å². The normalized spacial score (nSPS) is 25.2. The molecule has 0 saturated heterocycles. The van der Waals surface area contributed by atoms with E-state index in [-0.39, 0.29) is 17.9 Å². The van der Waals surface area contributed by atoms with Gasteiger partial charge in [-0.1, -0.05) is 26.0 Å². The largest absolute Gasteiger partial charge is 0.335 e. The van der Waals surface area contributed by atoms with Crippen LogP contribution < -0.4 is 10.6 Å². The fraction of sp³-hybridized carbons (Fsp3) is 0.500. The molecule has 0 radical (unpaired) electrons. The minimum absolute atomic E-state index is 0.00713. The van der Waals surface area contributed by atoms with E-state index in [0.717, 1.165) is 12.8 Å². The lowest BCUT2D eigenvalue weighted by molar-refractivity contribution is 0.101. The Balaban J connectivity index is 1.95. The summed E-state index contributed by atoms with van der Waals surface area (Å²) in [7, 11) is 0. The van der Waals surface area contributed by atoms with Gasteiger partial charge in [0.25, 0.3) is 0 Å². The van der Waals surface area contributed by atoms with Crippen LogP contribution in [0.5, 0.6) is 0 Å². The number of anilines is 1. The second kappa shape index (κ2) is 6.07. The van der Waals surface area contributed by atoms with Gasteiger partial charge in [-0.05, 0) is 43.7 Å². The van der Waals surface area contributed by atoms with Crippen LogP contribution in [0.15, 0.2) is 24.3 Å². The number of carbonyl (C=O) groups excluding carboxylic acids is 2. The summed E-state index contributed by atoms with van der Waals surface area (Å²) in [5.41, 5.74) is 1.25. The molecule has 1 aliphatic carbocycles. The number of rotatable bonds is 3. The van der Waals surface area contributed by atoms with Gasteiger partial charge in [0.05, 0.1) is 0 Å². The molecule has 0 heterocycles. The number of benzene rings is 1.